The van der Waals surface area contributed by atoms with Crippen LogP contribution in [-0.4, -0.2) is 46.9 Å². The van der Waals surface area contributed by atoms with Crippen molar-refractivity contribution in [1.82, 2.24) is 5.32 Å². The second kappa shape index (κ2) is 51.1. The summed E-state index contributed by atoms with van der Waals surface area (Å²) in [5.74, 6) is -0.499. The van der Waals surface area contributed by atoms with E-state index in [4.69, 9.17) is 4.74 Å². The molecule has 0 fully saturated rings. The lowest BCUT2D eigenvalue weighted by Gasteiger charge is -2.24. The van der Waals surface area contributed by atoms with Gasteiger partial charge in [0, 0.05) is 6.42 Å². The van der Waals surface area contributed by atoms with Gasteiger partial charge in [0.2, 0.25) is 5.91 Å². The van der Waals surface area contributed by atoms with Crippen LogP contribution in [0.15, 0.2) is 36.5 Å². The highest BCUT2D eigenvalue weighted by Gasteiger charge is 2.24. The molecule has 0 radical (unpaired) electrons. The van der Waals surface area contributed by atoms with Crippen molar-refractivity contribution in [2.45, 2.75) is 309 Å². The predicted octanol–water partition coefficient (Wildman–Crippen LogP) is 16.8. The highest BCUT2D eigenvalue weighted by atomic mass is 16.5. The van der Waals surface area contributed by atoms with Crippen LogP contribution in [0.5, 0.6) is 0 Å². The first kappa shape index (κ1) is 61.1. The van der Waals surface area contributed by atoms with Crippen molar-refractivity contribution in [3.8, 4) is 0 Å². The van der Waals surface area contributed by atoms with Gasteiger partial charge in [-0.2, -0.15) is 0 Å². The zero-order chi connectivity index (χ0) is 45.9. The maximum atomic E-state index is 13.2. The molecule has 63 heavy (non-hydrogen) atoms. The van der Waals surface area contributed by atoms with Crippen molar-refractivity contribution in [3.05, 3.63) is 36.5 Å². The Morgan fingerprint density at radius 1 is 0.476 bits per heavy atom. The SMILES string of the molecule is CC/C=C/C/C=C/C/C=C/CCCCC(CC(=O)NC(CO)C(O)CCCCCCCCCCCCCCCCCC)OC(=O)CCCCCCCCCCCCCCCCCC. The van der Waals surface area contributed by atoms with E-state index in [0.717, 1.165) is 77.0 Å². The molecule has 3 N–H and O–H groups in total. The number of amides is 1. The molecule has 6 heteroatoms. The fourth-order valence-electron chi connectivity index (χ4n) is 8.56. The van der Waals surface area contributed by atoms with Crippen molar-refractivity contribution in [3.63, 3.8) is 0 Å². The van der Waals surface area contributed by atoms with E-state index in [2.05, 4.69) is 62.5 Å². The Morgan fingerprint density at radius 3 is 1.29 bits per heavy atom. The Morgan fingerprint density at radius 2 is 0.857 bits per heavy atom. The van der Waals surface area contributed by atoms with Crippen LogP contribution in [0.3, 0.4) is 0 Å². The van der Waals surface area contributed by atoms with E-state index in [1.165, 1.54) is 167 Å². The Kier molecular flexibility index (Phi) is 49.5. The fraction of sp³-hybridized carbons (Fsp3) is 0.860. The minimum absolute atomic E-state index is 0.0556. The smallest absolute Gasteiger partial charge is 0.306 e. The van der Waals surface area contributed by atoms with E-state index in [1.54, 1.807) is 0 Å². The first-order chi connectivity index (χ1) is 31.0. The lowest BCUT2D eigenvalue weighted by molar-refractivity contribution is -0.151. The molecule has 0 aromatic carbocycles. The number of rotatable bonds is 50. The molecule has 0 aliphatic rings. The van der Waals surface area contributed by atoms with Gasteiger partial charge in [-0.3, -0.25) is 9.59 Å². The van der Waals surface area contributed by atoms with E-state index in [1.807, 2.05) is 0 Å². The normalized spacial score (nSPS) is 13.4. The van der Waals surface area contributed by atoms with Gasteiger partial charge < -0.3 is 20.3 Å². The van der Waals surface area contributed by atoms with Crippen molar-refractivity contribution in [2.75, 3.05) is 6.61 Å². The summed E-state index contributed by atoms with van der Waals surface area (Å²) in [6.45, 7) is 6.39. The van der Waals surface area contributed by atoms with E-state index < -0.39 is 18.2 Å². The topological polar surface area (TPSA) is 95.9 Å². The number of esters is 1. The number of carbonyl (C=O) groups excluding carboxylic acids is 2. The van der Waals surface area contributed by atoms with Gasteiger partial charge >= 0.3 is 5.97 Å². The molecule has 0 aromatic heterocycles. The molecule has 3 atom stereocenters. The standard InChI is InChI=1S/C57H107NO5/c1-4-7-10-13-16-19-22-25-27-29-31-34-37-40-43-46-49-55(60)54(52-59)58-56(61)51-53(48-45-42-39-36-33-24-21-18-15-12-9-6-3)63-57(62)50-47-44-41-38-35-32-30-28-26-23-20-17-14-11-8-5-2/h9,12,18,21,33,36,53-55,59-60H,4-8,10-11,13-17,19-20,22-32,34-35,37-52H2,1-3H3,(H,58,61)/b12-9+,21-18+,36-33+. The second-order valence-electron chi connectivity index (χ2n) is 19.0. The molecular formula is C57H107NO5. The van der Waals surface area contributed by atoms with Crippen molar-refractivity contribution in [1.29, 1.82) is 0 Å². The van der Waals surface area contributed by atoms with Crippen LogP contribution >= 0.6 is 0 Å². The van der Waals surface area contributed by atoms with Crippen LogP contribution in [0.4, 0.5) is 0 Å². The van der Waals surface area contributed by atoms with Gasteiger partial charge in [0.25, 0.3) is 0 Å². The highest BCUT2D eigenvalue weighted by Crippen LogP contribution is 2.18. The van der Waals surface area contributed by atoms with Crippen molar-refractivity contribution in [2.24, 2.45) is 0 Å². The molecule has 370 valence electrons. The lowest BCUT2D eigenvalue weighted by atomic mass is 10.0. The number of aliphatic hydroxyl groups excluding tert-OH is 2. The average Bonchev–Trinajstić information content (AvgIpc) is 3.28. The van der Waals surface area contributed by atoms with Gasteiger partial charge in [-0.1, -0.05) is 256 Å². The molecule has 0 saturated carbocycles. The van der Waals surface area contributed by atoms with Crippen molar-refractivity contribution < 1.29 is 24.5 Å². The summed E-state index contributed by atoms with van der Waals surface area (Å²) >= 11 is 0. The molecule has 0 saturated heterocycles. The zero-order valence-corrected chi connectivity index (χ0v) is 42.2. The third-order valence-electron chi connectivity index (χ3n) is 12.7. The second-order valence-corrected chi connectivity index (χ2v) is 19.0. The Bertz CT molecular complexity index is 1040. The highest BCUT2D eigenvalue weighted by molar-refractivity contribution is 5.77. The predicted molar refractivity (Wildman–Crippen MR) is 273 cm³/mol. The minimum Gasteiger partial charge on any atom is -0.462 e. The number of carbonyl (C=O) groups is 2. The van der Waals surface area contributed by atoms with Crippen LogP contribution in [0.2, 0.25) is 0 Å². The van der Waals surface area contributed by atoms with Gasteiger partial charge in [-0.25, -0.2) is 0 Å². The molecule has 0 heterocycles. The van der Waals surface area contributed by atoms with Gasteiger partial charge in [-0.15, -0.1) is 0 Å². The summed E-state index contributed by atoms with van der Waals surface area (Å²) in [5.41, 5.74) is 0. The molecule has 1 amide bonds. The van der Waals surface area contributed by atoms with Crippen LogP contribution in [0.25, 0.3) is 0 Å². The van der Waals surface area contributed by atoms with Gasteiger partial charge in [0.1, 0.15) is 6.10 Å². The molecule has 0 spiro atoms. The van der Waals surface area contributed by atoms with Gasteiger partial charge in [-0.05, 0) is 57.8 Å². The molecule has 0 aliphatic carbocycles. The van der Waals surface area contributed by atoms with E-state index in [9.17, 15) is 19.8 Å². The molecule has 3 unspecified atom stereocenters. The first-order valence-electron chi connectivity index (χ1n) is 27.7. The third kappa shape index (κ3) is 46.4. The quantitative estimate of drug-likeness (QED) is 0.0321. The minimum atomic E-state index is -0.795. The molecule has 0 bridgehead atoms. The van der Waals surface area contributed by atoms with E-state index >= 15 is 0 Å². The maximum Gasteiger partial charge on any atom is 0.306 e. The average molecular weight is 886 g/mol. The Labute approximate surface area is 392 Å². The summed E-state index contributed by atoms with van der Waals surface area (Å²) in [4.78, 5) is 26.2. The Hall–Kier alpha value is -1.92. The van der Waals surface area contributed by atoms with Gasteiger partial charge in [0.05, 0.1) is 25.2 Å². The summed E-state index contributed by atoms with van der Waals surface area (Å²) in [6.07, 6.45) is 60.7. The maximum absolute atomic E-state index is 13.2. The number of aliphatic hydroxyl groups is 2. The fourth-order valence-corrected chi connectivity index (χ4v) is 8.56. The molecule has 6 nitrogen and oxygen atoms in total. The lowest BCUT2D eigenvalue weighted by Crippen LogP contribution is -2.46. The van der Waals surface area contributed by atoms with Crippen LogP contribution < -0.4 is 5.32 Å². The van der Waals surface area contributed by atoms with Crippen molar-refractivity contribution >= 4 is 11.9 Å². The zero-order valence-electron chi connectivity index (χ0n) is 42.2. The van der Waals surface area contributed by atoms with Crippen LogP contribution in [0.1, 0.15) is 290 Å². The molecular weight excluding hydrogens is 779 g/mol. The summed E-state index contributed by atoms with van der Waals surface area (Å²) in [7, 11) is 0. The molecule has 0 rings (SSSR count). The summed E-state index contributed by atoms with van der Waals surface area (Å²) in [5, 5.41) is 23.8. The number of nitrogens with one attached hydrogen (secondary N) is 1. The molecule has 0 aromatic rings. The first-order valence-corrected chi connectivity index (χ1v) is 27.7. The Balaban J connectivity index is 4.50. The van der Waals surface area contributed by atoms with E-state index in [-0.39, 0.29) is 24.9 Å². The summed E-state index contributed by atoms with van der Waals surface area (Å²) in [6, 6.07) is -0.711. The van der Waals surface area contributed by atoms with Gasteiger partial charge in [0.15, 0.2) is 0 Å². The van der Waals surface area contributed by atoms with Crippen LogP contribution in [-0.2, 0) is 14.3 Å². The molecule has 0 aliphatic heterocycles. The largest absolute Gasteiger partial charge is 0.462 e. The third-order valence-corrected chi connectivity index (χ3v) is 12.7. The number of hydrogen-bond acceptors (Lipinski definition) is 5. The monoisotopic (exact) mass is 886 g/mol. The number of ether oxygens (including phenoxy) is 1. The van der Waals surface area contributed by atoms with Crippen LogP contribution in [0, 0.1) is 0 Å². The summed E-state index contributed by atoms with van der Waals surface area (Å²) < 4.78 is 5.93. The number of allylic oxidation sites excluding steroid dienone is 6. The van der Waals surface area contributed by atoms with E-state index in [0.29, 0.717) is 19.3 Å². The number of unbranched alkanes of at least 4 members (excludes halogenated alkanes) is 32. The number of hydrogen-bond donors (Lipinski definition) is 3.